The maximum atomic E-state index is 11.9. The van der Waals surface area contributed by atoms with E-state index in [2.05, 4.69) is 6.58 Å². The second kappa shape index (κ2) is 8.26. The van der Waals surface area contributed by atoms with Crippen molar-refractivity contribution in [3.8, 4) is 0 Å². The van der Waals surface area contributed by atoms with Gasteiger partial charge in [-0.05, 0) is 18.9 Å². The molecule has 0 amide bonds. The van der Waals surface area contributed by atoms with Crippen LogP contribution in [0, 0.1) is 0 Å². The van der Waals surface area contributed by atoms with Crippen LogP contribution in [0.1, 0.15) is 32.8 Å². The molecule has 5 nitrogen and oxygen atoms in total. The fraction of sp³-hybridized carbons (Fsp3) is 0.471. The Morgan fingerprint density at radius 2 is 1.83 bits per heavy atom. The van der Waals surface area contributed by atoms with Crippen LogP contribution < -0.4 is 0 Å². The van der Waals surface area contributed by atoms with Gasteiger partial charge in [-0.2, -0.15) is 8.42 Å². The predicted molar refractivity (Wildman–Crippen MR) is 89.6 cm³/mol. The summed E-state index contributed by atoms with van der Waals surface area (Å²) in [4.78, 5) is 11.2. The van der Waals surface area contributed by atoms with Crippen molar-refractivity contribution in [2.24, 2.45) is 0 Å². The monoisotopic (exact) mass is 340 g/mol. The summed E-state index contributed by atoms with van der Waals surface area (Å²) in [6, 6.07) is 9.59. The number of hydrogen-bond donors (Lipinski definition) is 0. The zero-order chi connectivity index (χ0) is 17.5. The minimum atomic E-state index is -3.65. The highest BCUT2D eigenvalue weighted by Crippen LogP contribution is 2.23. The van der Waals surface area contributed by atoms with Crippen LogP contribution in [0.4, 0.5) is 0 Å². The Morgan fingerprint density at radius 3 is 2.39 bits per heavy atom. The highest BCUT2D eigenvalue weighted by atomic mass is 32.2. The zero-order valence-corrected chi connectivity index (χ0v) is 14.7. The van der Waals surface area contributed by atoms with Crippen molar-refractivity contribution in [3.63, 3.8) is 0 Å². The summed E-state index contributed by atoms with van der Waals surface area (Å²) in [5.74, 6) is -0.713. The summed E-state index contributed by atoms with van der Waals surface area (Å²) in [6.45, 7) is 8.92. The number of carbonyl (C=O) groups is 1. The Bertz CT molecular complexity index is 632. The molecule has 0 aliphatic carbocycles. The van der Waals surface area contributed by atoms with Crippen molar-refractivity contribution in [2.45, 2.75) is 32.6 Å². The number of ether oxygens (including phenoxy) is 1. The molecule has 128 valence electrons. The molecule has 1 rings (SSSR count). The third kappa shape index (κ3) is 6.97. The summed E-state index contributed by atoms with van der Waals surface area (Å²) in [6.07, 6.45) is 0.188. The molecule has 0 aliphatic heterocycles. The lowest BCUT2D eigenvalue weighted by Crippen LogP contribution is -2.27. The summed E-state index contributed by atoms with van der Waals surface area (Å²) < 4.78 is 33.8. The lowest BCUT2D eigenvalue weighted by atomic mass is 9.86. The van der Waals surface area contributed by atoms with Gasteiger partial charge in [0.2, 0.25) is 0 Å². The van der Waals surface area contributed by atoms with Gasteiger partial charge in [-0.25, -0.2) is 4.79 Å². The Balaban J connectivity index is 2.43. The maximum Gasteiger partial charge on any atom is 0.333 e. The van der Waals surface area contributed by atoms with E-state index in [-0.39, 0.29) is 31.0 Å². The smallest absolute Gasteiger partial charge is 0.333 e. The molecular formula is C17H24O5S. The maximum absolute atomic E-state index is 11.9. The van der Waals surface area contributed by atoms with Crippen LogP contribution in [0.3, 0.4) is 0 Å². The summed E-state index contributed by atoms with van der Waals surface area (Å²) in [5.41, 5.74) is 0.875. The van der Waals surface area contributed by atoms with Gasteiger partial charge in [-0.15, -0.1) is 0 Å². The number of hydrogen-bond acceptors (Lipinski definition) is 5. The van der Waals surface area contributed by atoms with E-state index in [1.54, 1.807) is 0 Å². The summed E-state index contributed by atoms with van der Waals surface area (Å²) in [5, 5.41) is 0. The van der Waals surface area contributed by atoms with E-state index < -0.39 is 21.5 Å². The van der Waals surface area contributed by atoms with Crippen molar-refractivity contribution >= 4 is 16.1 Å². The van der Waals surface area contributed by atoms with Gasteiger partial charge in [0.1, 0.15) is 0 Å². The van der Waals surface area contributed by atoms with Crippen molar-refractivity contribution < 1.29 is 22.1 Å². The Hall–Kier alpha value is -1.66. The first-order valence-corrected chi connectivity index (χ1v) is 8.97. The lowest BCUT2D eigenvalue weighted by molar-refractivity contribution is -0.138. The van der Waals surface area contributed by atoms with Crippen LogP contribution in [0.25, 0.3) is 0 Å². The molecule has 0 radical (unpaired) electrons. The molecule has 0 aliphatic rings. The van der Waals surface area contributed by atoms with Gasteiger partial charge in [0.05, 0.1) is 19.0 Å². The van der Waals surface area contributed by atoms with Gasteiger partial charge in [0.15, 0.2) is 0 Å². The first kappa shape index (κ1) is 19.4. The average Bonchev–Trinajstić information content (AvgIpc) is 2.50. The Kier molecular flexibility index (Phi) is 6.97. The molecule has 1 aromatic carbocycles. The van der Waals surface area contributed by atoms with Crippen molar-refractivity contribution in [3.05, 3.63) is 48.0 Å². The van der Waals surface area contributed by atoms with Crippen LogP contribution in [0.2, 0.25) is 0 Å². The van der Waals surface area contributed by atoms with Crippen LogP contribution in [0.15, 0.2) is 42.5 Å². The second-order valence-electron chi connectivity index (χ2n) is 6.04. The molecule has 0 atom stereocenters. The number of carbonyl (C=O) groups excluding carboxylic acids is 1. The third-order valence-corrected chi connectivity index (χ3v) is 4.54. The Labute approximate surface area is 138 Å². The minimum Gasteiger partial charge on any atom is -0.462 e. The van der Waals surface area contributed by atoms with Crippen molar-refractivity contribution in [1.29, 1.82) is 0 Å². The molecule has 0 fully saturated rings. The standard InChI is InChI=1S/C17H24O5S/c1-14(2)16(18)21-11-8-12-23(19,20)22-13-17(3,4)15-9-6-5-7-10-15/h5-7,9-10H,1,8,11-13H2,2-4H3. The minimum absolute atomic E-state index is 0.0242. The van der Waals surface area contributed by atoms with Crippen LogP contribution in [0.5, 0.6) is 0 Å². The molecule has 0 aromatic heterocycles. The highest BCUT2D eigenvalue weighted by molar-refractivity contribution is 7.86. The molecule has 0 bridgehead atoms. The van der Waals surface area contributed by atoms with Crippen LogP contribution in [-0.4, -0.2) is 33.4 Å². The average molecular weight is 340 g/mol. The third-order valence-electron chi connectivity index (χ3n) is 3.27. The highest BCUT2D eigenvalue weighted by Gasteiger charge is 2.24. The molecule has 0 unspecified atom stereocenters. The van der Waals surface area contributed by atoms with Gasteiger partial charge >= 0.3 is 5.97 Å². The first-order valence-electron chi connectivity index (χ1n) is 7.39. The van der Waals surface area contributed by atoms with Gasteiger partial charge in [-0.3, -0.25) is 4.18 Å². The molecule has 0 saturated heterocycles. The molecule has 0 spiro atoms. The van der Waals surface area contributed by atoms with E-state index in [0.29, 0.717) is 0 Å². The van der Waals surface area contributed by atoms with Gasteiger partial charge in [-0.1, -0.05) is 50.8 Å². The molecule has 0 N–H and O–H groups in total. The van der Waals surface area contributed by atoms with Crippen molar-refractivity contribution in [1.82, 2.24) is 0 Å². The fourth-order valence-electron chi connectivity index (χ4n) is 1.79. The molecule has 1 aromatic rings. The SMILES string of the molecule is C=C(C)C(=O)OCCCS(=O)(=O)OCC(C)(C)c1ccccc1. The van der Waals surface area contributed by atoms with E-state index in [0.717, 1.165) is 5.56 Å². The number of rotatable bonds is 9. The topological polar surface area (TPSA) is 69.7 Å². The van der Waals surface area contributed by atoms with E-state index in [1.807, 2.05) is 44.2 Å². The Morgan fingerprint density at radius 1 is 1.22 bits per heavy atom. The van der Waals surface area contributed by atoms with E-state index in [4.69, 9.17) is 8.92 Å². The van der Waals surface area contributed by atoms with E-state index in [1.165, 1.54) is 6.92 Å². The number of benzene rings is 1. The first-order chi connectivity index (χ1) is 10.6. The zero-order valence-electron chi connectivity index (χ0n) is 13.9. The lowest BCUT2D eigenvalue weighted by Gasteiger charge is -2.24. The predicted octanol–water partition coefficient (Wildman–Crippen LogP) is 2.82. The fourth-order valence-corrected chi connectivity index (χ4v) is 2.86. The van der Waals surface area contributed by atoms with E-state index in [9.17, 15) is 13.2 Å². The quantitative estimate of drug-likeness (QED) is 0.299. The summed E-state index contributed by atoms with van der Waals surface area (Å²) in [7, 11) is -3.65. The molecule has 23 heavy (non-hydrogen) atoms. The van der Waals surface area contributed by atoms with Gasteiger partial charge < -0.3 is 4.74 Å². The van der Waals surface area contributed by atoms with E-state index >= 15 is 0 Å². The van der Waals surface area contributed by atoms with Gasteiger partial charge in [0.25, 0.3) is 10.1 Å². The van der Waals surface area contributed by atoms with Crippen molar-refractivity contribution in [2.75, 3.05) is 19.0 Å². The molecular weight excluding hydrogens is 316 g/mol. The number of esters is 1. The normalized spacial score (nSPS) is 12.0. The van der Waals surface area contributed by atoms with Crippen LogP contribution >= 0.6 is 0 Å². The largest absolute Gasteiger partial charge is 0.462 e. The summed E-state index contributed by atoms with van der Waals surface area (Å²) >= 11 is 0. The molecule has 0 heterocycles. The van der Waals surface area contributed by atoms with Gasteiger partial charge in [0, 0.05) is 11.0 Å². The molecule has 6 heteroatoms. The second-order valence-corrected chi connectivity index (χ2v) is 7.80. The molecule has 0 saturated carbocycles. The van der Waals surface area contributed by atoms with Crippen LogP contribution in [-0.2, 0) is 29.2 Å².